The molecule has 33 heavy (non-hydrogen) atoms. The summed E-state index contributed by atoms with van der Waals surface area (Å²) in [7, 11) is -1.81. The third kappa shape index (κ3) is 6.11. The minimum absolute atomic E-state index is 0.154. The van der Waals surface area contributed by atoms with Gasteiger partial charge in [0.15, 0.2) is 0 Å². The molecule has 3 aromatic rings. The van der Waals surface area contributed by atoms with E-state index in [-0.39, 0.29) is 5.92 Å². The summed E-state index contributed by atoms with van der Waals surface area (Å²) < 4.78 is 27.7. The molecule has 4 nitrogen and oxygen atoms in total. The molecular formula is C28H34N2O2S. The fraction of sp³-hybridized carbons (Fsp3) is 0.357. The van der Waals surface area contributed by atoms with Crippen LogP contribution in [0.4, 0.5) is 0 Å². The zero-order valence-electron chi connectivity index (χ0n) is 19.4. The lowest BCUT2D eigenvalue weighted by Crippen LogP contribution is -2.36. The van der Waals surface area contributed by atoms with Gasteiger partial charge >= 0.3 is 0 Å². The number of rotatable bonds is 9. The molecule has 0 N–H and O–H groups in total. The van der Waals surface area contributed by atoms with E-state index in [4.69, 9.17) is 0 Å². The Morgan fingerprint density at radius 3 is 2.00 bits per heavy atom. The van der Waals surface area contributed by atoms with Gasteiger partial charge in [-0.05, 0) is 74.0 Å². The van der Waals surface area contributed by atoms with Gasteiger partial charge in [-0.2, -0.15) is 0 Å². The van der Waals surface area contributed by atoms with Gasteiger partial charge in [0.05, 0.1) is 4.90 Å². The first-order chi connectivity index (χ1) is 16.0. The summed E-state index contributed by atoms with van der Waals surface area (Å²) in [4.78, 5) is 2.89. The fourth-order valence-corrected chi connectivity index (χ4v) is 6.06. The normalized spacial score (nSPS) is 16.7. The Hall–Kier alpha value is -2.47. The Morgan fingerprint density at radius 2 is 1.39 bits per heavy atom. The molecular weight excluding hydrogens is 428 g/mol. The highest BCUT2D eigenvalue weighted by molar-refractivity contribution is 7.89. The molecule has 0 bridgehead atoms. The number of nitrogens with zero attached hydrogens (tertiary/aromatic N) is 2. The van der Waals surface area contributed by atoms with Crippen molar-refractivity contribution in [2.75, 3.05) is 33.2 Å². The van der Waals surface area contributed by atoms with Crippen LogP contribution in [-0.2, 0) is 10.0 Å². The van der Waals surface area contributed by atoms with E-state index in [0.29, 0.717) is 17.4 Å². The minimum Gasteiger partial charge on any atom is -0.303 e. The lowest BCUT2D eigenvalue weighted by molar-refractivity contribution is 0.203. The van der Waals surface area contributed by atoms with Crippen molar-refractivity contribution in [2.45, 2.75) is 36.0 Å². The lowest BCUT2D eigenvalue weighted by atomic mass is 9.89. The molecule has 0 radical (unpaired) electrons. The van der Waals surface area contributed by atoms with Crippen molar-refractivity contribution in [3.63, 3.8) is 0 Å². The van der Waals surface area contributed by atoms with Crippen LogP contribution in [0, 0.1) is 0 Å². The van der Waals surface area contributed by atoms with Crippen molar-refractivity contribution in [3.8, 4) is 0 Å². The van der Waals surface area contributed by atoms with Gasteiger partial charge in [0.1, 0.15) is 0 Å². The molecule has 0 aromatic heterocycles. The number of hydrogen-bond acceptors (Lipinski definition) is 3. The zero-order chi connectivity index (χ0) is 23.1. The van der Waals surface area contributed by atoms with Gasteiger partial charge in [-0.15, -0.1) is 0 Å². The van der Waals surface area contributed by atoms with Crippen LogP contribution in [0.15, 0.2) is 95.9 Å². The first-order valence-electron chi connectivity index (χ1n) is 11.9. The Balaban J connectivity index is 1.39. The summed E-state index contributed by atoms with van der Waals surface area (Å²) in [6.07, 6.45) is 3.30. The van der Waals surface area contributed by atoms with E-state index in [1.165, 1.54) is 28.3 Å². The molecule has 4 rings (SSSR count). The van der Waals surface area contributed by atoms with Gasteiger partial charge in [-0.3, -0.25) is 0 Å². The van der Waals surface area contributed by atoms with Crippen LogP contribution in [0.1, 0.15) is 42.2 Å². The molecule has 1 heterocycles. The molecule has 0 aliphatic carbocycles. The van der Waals surface area contributed by atoms with Gasteiger partial charge in [0, 0.05) is 13.6 Å². The predicted molar refractivity (Wildman–Crippen MR) is 135 cm³/mol. The summed E-state index contributed by atoms with van der Waals surface area (Å²) in [6, 6.07) is 29.9. The third-order valence-corrected chi connectivity index (χ3v) is 8.69. The lowest BCUT2D eigenvalue weighted by Gasteiger charge is -2.33. The van der Waals surface area contributed by atoms with Gasteiger partial charge in [0.25, 0.3) is 0 Å². The van der Waals surface area contributed by atoms with Gasteiger partial charge < -0.3 is 4.90 Å². The zero-order valence-corrected chi connectivity index (χ0v) is 20.2. The molecule has 3 aromatic carbocycles. The Morgan fingerprint density at radius 1 is 0.848 bits per heavy atom. The fourth-order valence-electron chi connectivity index (χ4n) is 4.82. The quantitative estimate of drug-likeness (QED) is 0.430. The smallest absolute Gasteiger partial charge is 0.242 e. The number of piperidine rings is 1. The van der Waals surface area contributed by atoms with Crippen LogP contribution in [0.25, 0.3) is 0 Å². The topological polar surface area (TPSA) is 40.6 Å². The van der Waals surface area contributed by atoms with Gasteiger partial charge in [0.2, 0.25) is 10.0 Å². The largest absolute Gasteiger partial charge is 0.303 e. The second kappa shape index (κ2) is 11.1. The van der Waals surface area contributed by atoms with E-state index >= 15 is 0 Å². The Kier molecular flexibility index (Phi) is 7.97. The monoisotopic (exact) mass is 462 g/mol. The highest BCUT2D eigenvalue weighted by atomic mass is 32.2. The van der Waals surface area contributed by atoms with E-state index in [1.54, 1.807) is 31.3 Å². The van der Waals surface area contributed by atoms with Crippen LogP contribution in [0.3, 0.4) is 0 Å². The molecule has 1 fully saturated rings. The van der Waals surface area contributed by atoms with Gasteiger partial charge in [-0.25, -0.2) is 12.7 Å². The summed E-state index contributed by atoms with van der Waals surface area (Å²) >= 11 is 0. The summed E-state index contributed by atoms with van der Waals surface area (Å²) in [5, 5.41) is 0. The number of sulfonamides is 1. The average molecular weight is 463 g/mol. The van der Waals surface area contributed by atoms with Crippen molar-refractivity contribution in [3.05, 3.63) is 102 Å². The molecule has 1 saturated heterocycles. The summed E-state index contributed by atoms with van der Waals surface area (Å²) in [6.45, 7) is 3.65. The van der Waals surface area contributed by atoms with Crippen LogP contribution in [0.5, 0.6) is 0 Å². The molecule has 5 heteroatoms. The van der Waals surface area contributed by atoms with E-state index < -0.39 is 10.0 Å². The second-order valence-electron chi connectivity index (χ2n) is 9.02. The maximum absolute atomic E-state index is 13.1. The number of likely N-dealkylation sites (N-methyl/N-ethyl adjacent to an activating group) is 1. The highest BCUT2D eigenvalue weighted by Crippen LogP contribution is 2.29. The van der Waals surface area contributed by atoms with Crippen LogP contribution < -0.4 is 0 Å². The number of hydrogen-bond donors (Lipinski definition) is 0. The SMILES string of the molecule is CN(CC(CCN1CCC(c2ccccc2)CC1)c1ccccc1)S(=O)(=O)c1ccccc1. The molecule has 0 spiro atoms. The maximum Gasteiger partial charge on any atom is 0.242 e. The average Bonchev–Trinajstić information content (AvgIpc) is 2.88. The first-order valence-corrected chi connectivity index (χ1v) is 13.3. The molecule has 0 saturated carbocycles. The highest BCUT2D eigenvalue weighted by Gasteiger charge is 2.26. The van der Waals surface area contributed by atoms with Crippen molar-refractivity contribution in [2.24, 2.45) is 0 Å². The second-order valence-corrected chi connectivity index (χ2v) is 11.1. The molecule has 1 atom stereocenters. The van der Waals surface area contributed by atoms with E-state index in [2.05, 4.69) is 47.4 Å². The third-order valence-electron chi connectivity index (χ3n) is 6.85. The van der Waals surface area contributed by atoms with E-state index in [0.717, 1.165) is 26.1 Å². The van der Waals surface area contributed by atoms with Crippen molar-refractivity contribution >= 4 is 10.0 Å². The molecule has 0 amide bonds. The van der Waals surface area contributed by atoms with Crippen LogP contribution in [-0.4, -0.2) is 50.8 Å². The Bertz CT molecular complexity index is 1080. The van der Waals surface area contributed by atoms with Crippen molar-refractivity contribution in [1.82, 2.24) is 9.21 Å². The van der Waals surface area contributed by atoms with E-state index in [9.17, 15) is 8.42 Å². The standard InChI is InChI=1S/C28H34N2O2S/c1-29(33(31,32)28-15-9-4-10-16-28)23-27(25-13-7-3-8-14-25)19-22-30-20-17-26(18-21-30)24-11-5-2-6-12-24/h2-16,26-27H,17-23H2,1H3. The van der Waals surface area contributed by atoms with Crippen LogP contribution >= 0.6 is 0 Å². The Labute approximate surface area is 198 Å². The van der Waals surface area contributed by atoms with E-state index in [1.807, 2.05) is 24.3 Å². The molecule has 1 aliphatic rings. The summed E-state index contributed by atoms with van der Waals surface area (Å²) in [5.74, 6) is 0.802. The number of likely N-dealkylation sites (tertiary alicyclic amines) is 1. The van der Waals surface area contributed by atoms with Crippen molar-refractivity contribution < 1.29 is 8.42 Å². The van der Waals surface area contributed by atoms with Crippen LogP contribution in [0.2, 0.25) is 0 Å². The van der Waals surface area contributed by atoms with Crippen molar-refractivity contribution in [1.29, 1.82) is 0 Å². The minimum atomic E-state index is -3.50. The van der Waals surface area contributed by atoms with Gasteiger partial charge in [-0.1, -0.05) is 78.9 Å². The molecule has 174 valence electrons. The summed E-state index contributed by atoms with van der Waals surface area (Å²) in [5.41, 5.74) is 2.65. The maximum atomic E-state index is 13.1. The molecule has 1 unspecified atom stereocenters. The predicted octanol–water partition coefficient (Wildman–Crippen LogP) is 5.36. The number of benzene rings is 3. The first kappa shape index (κ1) is 23.7. The molecule has 1 aliphatic heterocycles.